The topological polar surface area (TPSA) is 78.9 Å². The number of para-hydroxylation sites is 1. The molecule has 2 aliphatic heterocycles. The van der Waals surface area contributed by atoms with Crippen LogP contribution in [-0.2, 0) is 4.79 Å². The molecule has 1 atom stereocenters. The summed E-state index contributed by atoms with van der Waals surface area (Å²) >= 11 is 5.79. The lowest BCUT2D eigenvalue weighted by Gasteiger charge is -2.33. The van der Waals surface area contributed by atoms with Crippen LogP contribution >= 0.6 is 11.6 Å². The molecule has 1 aromatic carbocycles. The molecule has 152 valence electrons. The number of amides is 3. The molecule has 1 unspecified atom stereocenters. The number of hydrogen-bond acceptors (Lipinski definition) is 5. The molecule has 4 rings (SSSR count). The largest absolute Gasteiger partial charge is 0.458 e. The fourth-order valence-electron chi connectivity index (χ4n) is 3.61. The molecular weight excluding hydrogens is 394 g/mol. The maximum absolute atomic E-state index is 12.8. The van der Waals surface area contributed by atoms with E-state index in [0.717, 1.165) is 18.5 Å². The number of ether oxygens (including phenoxy) is 1. The minimum atomic E-state index is -0.177. The second-order valence-electron chi connectivity index (χ2n) is 7.10. The third-order valence-electron chi connectivity index (χ3n) is 5.09. The molecule has 0 spiro atoms. The van der Waals surface area contributed by atoms with Crippen LogP contribution in [0.25, 0.3) is 0 Å². The van der Waals surface area contributed by atoms with Gasteiger partial charge in [0.25, 0.3) is 0 Å². The zero-order valence-corrected chi connectivity index (χ0v) is 16.7. The van der Waals surface area contributed by atoms with Gasteiger partial charge in [0.2, 0.25) is 5.91 Å². The van der Waals surface area contributed by atoms with Gasteiger partial charge in [-0.05, 0) is 25.0 Å². The Balaban J connectivity index is 1.32. The van der Waals surface area contributed by atoms with Crippen molar-refractivity contribution in [3.05, 3.63) is 47.7 Å². The Bertz CT molecular complexity index is 864. The van der Waals surface area contributed by atoms with Crippen molar-refractivity contribution in [2.45, 2.75) is 18.9 Å². The Morgan fingerprint density at radius 1 is 1.14 bits per heavy atom. The van der Waals surface area contributed by atoms with Gasteiger partial charge in [0.15, 0.2) is 0 Å². The molecule has 9 heteroatoms. The maximum Gasteiger partial charge on any atom is 0.325 e. The van der Waals surface area contributed by atoms with Gasteiger partial charge in [-0.3, -0.25) is 9.69 Å². The van der Waals surface area contributed by atoms with Gasteiger partial charge in [0.05, 0.1) is 24.0 Å². The van der Waals surface area contributed by atoms with E-state index in [2.05, 4.69) is 9.97 Å². The highest BCUT2D eigenvalue weighted by molar-refractivity contribution is 6.30. The minimum Gasteiger partial charge on any atom is -0.458 e. The van der Waals surface area contributed by atoms with Gasteiger partial charge in [-0.2, -0.15) is 0 Å². The molecule has 3 amide bonds. The highest BCUT2D eigenvalue weighted by atomic mass is 35.5. The van der Waals surface area contributed by atoms with E-state index in [1.807, 2.05) is 30.3 Å². The molecular formula is C20H22ClN5O3. The van der Waals surface area contributed by atoms with Crippen LogP contribution in [0.4, 0.5) is 10.5 Å². The number of likely N-dealkylation sites (tertiary alicyclic amines) is 1. The van der Waals surface area contributed by atoms with Gasteiger partial charge in [-0.15, -0.1) is 0 Å². The van der Waals surface area contributed by atoms with E-state index in [-0.39, 0.29) is 30.6 Å². The van der Waals surface area contributed by atoms with Crippen LogP contribution < -0.4 is 9.64 Å². The number of halogens is 1. The van der Waals surface area contributed by atoms with E-state index in [4.69, 9.17) is 16.3 Å². The monoisotopic (exact) mass is 415 g/mol. The standard InChI is InChI=1S/C20H22ClN5O3/c21-15-11-22-19(23-12-15)29-17-7-4-8-24(13-17)18(27)14-25-9-10-26(20(25)28)16-5-2-1-3-6-16/h1-3,5-6,11-12,17H,4,7-10,13-14H2. The van der Waals surface area contributed by atoms with E-state index >= 15 is 0 Å². The van der Waals surface area contributed by atoms with Crippen molar-refractivity contribution in [1.29, 1.82) is 0 Å². The van der Waals surface area contributed by atoms with Crippen molar-refractivity contribution in [2.75, 3.05) is 37.6 Å². The number of hydrogen-bond donors (Lipinski definition) is 0. The van der Waals surface area contributed by atoms with E-state index in [1.165, 1.54) is 12.4 Å². The number of aromatic nitrogens is 2. The molecule has 0 N–H and O–H groups in total. The lowest BCUT2D eigenvalue weighted by Crippen LogP contribution is -2.48. The molecule has 0 aliphatic carbocycles. The van der Waals surface area contributed by atoms with E-state index in [1.54, 1.807) is 14.7 Å². The third kappa shape index (κ3) is 4.59. The van der Waals surface area contributed by atoms with Crippen molar-refractivity contribution in [2.24, 2.45) is 0 Å². The summed E-state index contributed by atoms with van der Waals surface area (Å²) in [4.78, 5) is 38.6. The van der Waals surface area contributed by atoms with Crippen LogP contribution in [0.2, 0.25) is 5.02 Å². The van der Waals surface area contributed by atoms with E-state index in [0.29, 0.717) is 31.2 Å². The first-order valence-corrected chi connectivity index (χ1v) is 10.0. The SMILES string of the molecule is O=C(CN1CCN(c2ccccc2)C1=O)N1CCCC(Oc2ncc(Cl)cn2)C1. The minimum absolute atomic E-state index is 0.0708. The molecule has 8 nitrogen and oxygen atoms in total. The van der Waals surface area contributed by atoms with Gasteiger partial charge in [-0.1, -0.05) is 29.8 Å². The van der Waals surface area contributed by atoms with Crippen molar-refractivity contribution < 1.29 is 14.3 Å². The Hall–Kier alpha value is -2.87. The van der Waals surface area contributed by atoms with Gasteiger partial charge < -0.3 is 14.5 Å². The molecule has 0 radical (unpaired) electrons. The molecule has 1 aromatic heterocycles. The van der Waals surface area contributed by atoms with Gasteiger partial charge in [-0.25, -0.2) is 14.8 Å². The summed E-state index contributed by atoms with van der Waals surface area (Å²) in [5.41, 5.74) is 0.849. The van der Waals surface area contributed by atoms with Crippen LogP contribution in [0.3, 0.4) is 0 Å². The fourth-order valence-corrected chi connectivity index (χ4v) is 3.71. The molecule has 2 aromatic rings. The zero-order chi connectivity index (χ0) is 20.2. The highest BCUT2D eigenvalue weighted by Crippen LogP contribution is 2.21. The quantitative estimate of drug-likeness (QED) is 0.749. The van der Waals surface area contributed by atoms with Crippen LogP contribution in [0, 0.1) is 0 Å². The van der Waals surface area contributed by atoms with Crippen molar-refractivity contribution in [3.8, 4) is 6.01 Å². The first-order valence-electron chi connectivity index (χ1n) is 9.63. The Morgan fingerprint density at radius 3 is 2.66 bits per heavy atom. The summed E-state index contributed by atoms with van der Waals surface area (Å²) in [6.45, 7) is 2.30. The second-order valence-corrected chi connectivity index (χ2v) is 7.53. The van der Waals surface area contributed by atoms with Crippen LogP contribution in [-0.4, -0.2) is 70.5 Å². The Morgan fingerprint density at radius 2 is 1.90 bits per heavy atom. The van der Waals surface area contributed by atoms with Gasteiger partial charge >= 0.3 is 12.0 Å². The summed E-state index contributed by atoms with van der Waals surface area (Å²) in [6, 6.07) is 9.62. The van der Waals surface area contributed by atoms with Crippen molar-refractivity contribution >= 4 is 29.2 Å². The molecule has 0 bridgehead atoms. The van der Waals surface area contributed by atoms with Gasteiger partial charge in [0.1, 0.15) is 12.6 Å². The number of nitrogens with zero attached hydrogens (tertiary/aromatic N) is 5. The lowest BCUT2D eigenvalue weighted by atomic mass is 10.1. The number of carbonyl (C=O) groups excluding carboxylic acids is 2. The normalized spacial score (nSPS) is 19.6. The zero-order valence-electron chi connectivity index (χ0n) is 15.9. The molecule has 29 heavy (non-hydrogen) atoms. The number of benzene rings is 1. The Labute approximate surface area is 174 Å². The van der Waals surface area contributed by atoms with E-state index in [9.17, 15) is 9.59 Å². The average molecular weight is 416 g/mol. The van der Waals surface area contributed by atoms with Crippen LogP contribution in [0.15, 0.2) is 42.7 Å². The maximum atomic E-state index is 12.8. The first kappa shape index (κ1) is 19.4. The number of carbonyl (C=O) groups is 2. The fraction of sp³-hybridized carbons (Fsp3) is 0.400. The summed E-state index contributed by atoms with van der Waals surface area (Å²) in [6.07, 6.45) is 4.43. The van der Waals surface area contributed by atoms with Crippen molar-refractivity contribution in [3.63, 3.8) is 0 Å². The average Bonchev–Trinajstić information content (AvgIpc) is 3.11. The number of urea groups is 1. The highest BCUT2D eigenvalue weighted by Gasteiger charge is 2.33. The molecule has 3 heterocycles. The van der Waals surface area contributed by atoms with Gasteiger partial charge in [0, 0.05) is 25.3 Å². The molecule has 2 fully saturated rings. The summed E-state index contributed by atoms with van der Waals surface area (Å²) in [7, 11) is 0. The van der Waals surface area contributed by atoms with Crippen LogP contribution in [0.1, 0.15) is 12.8 Å². The predicted molar refractivity (Wildman–Crippen MR) is 108 cm³/mol. The number of rotatable bonds is 5. The molecule has 2 saturated heterocycles. The summed E-state index contributed by atoms with van der Waals surface area (Å²) in [5, 5.41) is 0.442. The smallest absolute Gasteiger partial charge is 0.325 e. The predicted octanol–water partition coefficient (Wildman–Crippen LogP) is 2.44. The lowest BCUT2D eigenvalue weighted by molar-refractivity contribution is -0.134. The first-order chi connectivity index (χ1) is 14.1. The second kappa shape index (κ2) is 8.65. The number of piperidine rings is 1. The third-order valence-corrected chi connectivity index (χ3v) is 5.28. The summed E-state index contributed by atoms with van der Waals surface area (Å²) < 4.78 is 5.79. The number of anilines is 1. The van der Waals surface area contributed by atoms with Crippen LogP contribution in [0.5, 0.6) is 6.01 Å². The summed E-state index contributed by atoms with van der Waals surface area (Å²) in [5.74, 6) is -0.0708. The molecule has 0 saturated carbocycles. The van der Waals surface area contributed by atoms with E-state index < -0.39 is 0 Å². The van der Waals surface area contributed by atoms with Crippen molar-refractivity contribution in [1.82, 2.24) is 19.8 Å². The molecule has 2 aliphatic rings. The Kier molecular flexibility index (Phi) is 5.80.